The molecule has 32 heavy (non-hydrogen) atoms. The summed E-state index contributed by atoms with van der Waals surface area (Å²) in [5.74, 6) is 0.603. The second-order valence-electron chi connectivity index (χ2n) is 9.02. The third-order valence-electron chi connectivity index (χ3n) is 6.20. The Hall–Kier alpha value is -2.10. The number of methoxy groups -OCH3 is 1. The molecule has 0 radical (unpaired) electrons. The molecule has 2 aromatic rings. The van der Waals surface area contributed by atoms with Gasteiger partial charge in [0.05, 0.1) is 47.7 Å². The maximum atomic E-state index is 12.9. The monoisotopic (exact) mass is 462 g/mol. The summed E-state index contributed by atoms with van der Waals surface area (Å²) in [6.07, 6.45) is 1.02. The molecule has 5 rings (SSSR count). The van der Waals surface area contributed by atoms with Crippen LogP contribution < -0.4 is 15.2 Å². The number of pyridine rings is 1. The Kier molecular flexibility index (Phi) is 5.46. The van der Waals surface area contributed by atoms with Crippen LogP contribution in [0.2, 0.25) is 5.02 Å². The van der Waals surface area contributed by atoms with E-state index in [1.807, 2.05) is 16.8 Å². The average Bonchev–Trinajstić information content (AvgIpc) is 3.47. The minimum atomic E-state index is -0.932. The highest BCUT2D eigenvalue weighted by Gasteiger charge is 2.45. The fourth-order valence-corrected chi connectivity index (χ4v) is 4.89. The Morgan fingerprint density at radius 2 is 2.03 bits per heavy atom. The molecule has 0 bridgehead atoms. The van der Waals surface area contributed by atoms with Gasteiger partial charge in [-0.25, -0.2) is 0 Å². The number of aromatic nitrogens is 1. The number of aliphatic hydroxyl groups is 1. The van der Waals surface area contributed by atoms with Crippen LogP contribution in [0.1, 0.15) is 43.5 Å². The molecule has 0 saturated carbocycles. The molecule has 4 heterocycles. The van der Waals surface area contributed by atoms with Gasteiger partial charge < -0.3 is 24.1 Å². The van der Waals surface area contributed by atoms with Crippen LogP contribution in [0.3, 0.4) is 0 Å². The van der Waals surface area contributed by atoms with Crippen molar-refractivity contribution in [2.45, 2.75) is 44.2 Å². The highest BCUT2D eigenvalue weighted by Crippen LogP contribution is 2.46. The van der Waals surface area contributed by atoms with Crippen molar-refractivity contribution in [3.8, 4) is 17.0 Å². The van der Waals surface area contributed by atoms with E-state index in [2.05, 4.69) is 18.9 Å². The van der Waals surface area contributed by atoms with Crippen molar-refractivity contribution in [2.24, 2.45) is 0 Å². The van der Waals surface area contributed by atoms with Gasteiger partial charge >= 0.3 is 0 Å². The Labute approximate surface area is 191 Å². The van der Waals surface area contributed by atoms with E-state index in [0.29, 0.717) is 42.8 Å². The number of rotatable bonds is 6. The van der Waals surface area contributed by atoms with Crippen molar-refractivity contribution in [2.75, 3.05) is 38.5 Å². The third-order valence-corrected chi connectivity index (χ3v) is 6.50. The van der Waals surface area contributed by atoms with E-state index in [1.54, 1.807) is 19.4 Å². The summed E-state index contributed by atoms with van der Waals surface area (Å²) < 4.78 is 24.2. The van der Waals surface area contributed by atoms with Crippen molar-refractivity contribution in [1.82, 2.24) is 4.68 Å². The van der Waals surface area contributed by atoms with Crippen molar-refractivity contribution in [1.29, 1.82) is 0 Å². The maximum Gasteiger partial charge on any atom is 0.188 e. The highest BCUT2D eigenvalue weighted by molar-refractivity contribution is 6.32. The zero-order chi connectivity index (χ0) is 22.6. The van der Waals surface area contributed by atoms with Crippen LogP contribution in [0.25, 0.3) is 11.3 Å². The standard InChI is InChI=1S/C23H27ClN2O6/c1-23(2)12-30-11-18-14-8-20(31-6-4-5-29-3)16(24)7-13(14)17-9-19(27)15(21-22(28)32-21)10-25(17)26(18)23/h7-10,18,21-22,28H,4-6,11-12H2,1-3H3. The van der Waals surface area contributed by atoms with Crippen LogP contribution in [-0.4, -0.2) is 55.1 Å². The molecule has 2 saturated heterocycles. The molecule has 172 valence electrons. The van der Waals surface area contributed by atoms with Gasteiger partial charge in [-0.2, -0.15) is 0 Å². The Bertz CT molecular complexity index is 1100. The summed E-state index contributed by atoms with van der Waals surface area (Å²) in [5, 5.41) is 12.4. The molecule has 1 aromatic carbocycles. The molecule has 3 aliphatic rings. The van der Waals surface area contributed by atoms with E-state index in [1.165, 1.54) is 0 Å². The fraction of sp³-hybridized carbons (Fsp3) is 0.522. The van der Waals surface area contributed by atoms with Crippen molar-refractivity contribution < 1.29 is 24.1 Å². The Morgan fingerprint density at radius 3 is 2.75 bits per heavy atom. The van der Waals surface area contributed by atoms with Gasteiger partial charge in [-0.15, -0.1) is 0 Å². The lowest BCUT2D eigenvalue weighted by Gasteiger charge is -2.53. The zero-order valence-electron chi connectivity index (χ0n) is 18.3. The van der Waals surface area contributed by atoms with E-state index in [0.717, 1.165) is 23.2 Å². The summed E-state index contributed by atoms with van der Waals surface area (Å²) in [4.78, 5) is 12.9. The van der Waals surface area contributed by atoms with Crippen LogP contribution in [0.5, 0.6) is 5.75 Å². The Morgan fingerprint density at radius 1 is 1.25 bits per heavy atom. The number of epoxide rings is 1. The van der Waals surface area contributed by atoms with Crippen molar-refractivity contribution in [3.05, 3.63) is 50.8 Å². The van der Waals surface area contributed by atoms with Crippen molar-refractivity contribution >= 4 is 11.6 Å². The first kappa shape index (κ1) is 21.7. The molecule has 8 nitrogen and oxygen atoms in total. The summed E-state index contributed by atoms with van der Waals surface area (Å²) >= 11 is 6.58. The summed E-state index contributed by atoms with van der Waals surface area (Å²) in [7, 11) is 1.66. The molecule has 1 aromatic heterocycles. The van der Waals surface area contributed by atoms with E-state index >= 15 is 0 Å². The SMILES string of the molecule is COCCCOc1cc2c(cc1Cl)-c1cc(=O)c(C3OC3O)cn1N1C2COCC1(C)C. The van der Waals surface area contributed by atoms with Crippen LogP contribution in [0.15, 0.2) is 29.2 Å². The molecule has 9 heteroatoms. The Balaban J connectivity index is 1.63. The highest BCUT2D eigenvalue weighted by atomic mass is 35.5. The number of benzene rings is 1. The van der Waals surface area contributed by atoms with Crippen molar-refractivity contribution in [3.63, 3.8) is 0 Å². The number of halogens is 1. The topological polar surface area (TPSA) is 85.7 Å². The van der Waals surface area contributed by atoms with Gasteiger partial charge in [0, 0.05) is 38.0 Å². The molecule has 3 atom stereocenters. The fourth-order valence-electron chi connectivity index (χ4n) is 4.67. The van der Waals surface area contributed by atoms with Crippen LogP contribution in [0.4, 0.5) is 0 Å². The number of hydrogen-bond donors (Lipinski definition) is 1. The van der Waals surface area contributed by atoms with Gasteiger partial charge in [-0.1, -0.05) is 11.6 Å². The first-order valence-corrected chi connectivity index (χ1v) is 11.1. The van der Waals surface area contributed by atoms with Gasteiger partial charge in [-0.3, -0.25) is 14.5 Å². The molecule has 0 aliphatic carbocycles. The van der Waals surface area contributed by atoms with Crippen LogP contribution in [-0.2, 0) is 14.2 Å². The average molecular weight is 463 g/mol. The molecule has 1 N–H and O–H groups in total. The maximum absolute atomic E-state index is 12.9. The van der Waals surface area contributed by atoms with Crippen LogP contribution in [0, 0.1) is 0 Å². The molecule has 3 unspecified atom stereocenters. The van der Waals surface area contributed by atoms with Gasteiger partial charge in [0.1, 0.15) is 11.9 Å². The summed E-state index contributed by atoms with van der Waals surface area (Å²) in [6, 6.07) is 5.32. The molecule has 3 aliphatic heterocycles. The molecule has 0 spiro atoms. The lowest BCUT2D eigenvalue weighted by Crippen LogP contribution is -2.61. The van der Waals surface area contributed by atoms with E-state index in [-0.39, 0.29) is 17.0 Å². The van der Waals surface area contributed by atoms with Gasteiger partial charge in [0.2, 0.25) is 0 Å². The van der Waals surface area contributed by atoms with Gasteiger partial charge in [0.15, 0.2) is 11.7 Å². The smallest absolute Gasteiger partial charge is 0.188 e. The van der Waals surface area contributed by atoms with Gasteiger partial charge in [-0.05, 0) is 31.5 Å². The number of aliphatic hydroxyl groups excluding tert-OH is 1. The molecule has 0 amide bonds. The number of hydrogen-bond acceptors (Lipinski definition) is 7. The number of morpholine rings is 1. The van der Waals surface area contributed by atoms with E-state index in [9.17, 15) is 9.90 Å². The number of fused-ring (bicyclic) bond motifs is 6. The second-order valence-corrected chi connectivity index (χ2v) is 9.43. The van der Waals surface area contributed by atoms with E-state index in [4.69, 9.17) is 30.5 Å². The minimum Gasteiger partial charge on any atom is -0.492 e. The summed E-state index contributed by atoms with van der Waals surface area (Å²) in [5.41, 5.74) is 2.52. The van der Waals surface area contributed by atoms with E-state index < -0.39 is 12.4 Å². The summed E-state index contributed by atoms with van der Waals surface area (Å²) in [6.45, 7) is 6.34. The number of ether oxygens (including phenoxy) is 4. The normalized spacial score (nSPS) is 25.0. The number of nitrogens with zero attached hydrogens (tertiary/aromatic N) is 2. The van der Waals surface area contributed by atoms with Crippen LogP contribution >= 0.6 is 11.6 Å². The quantitative estimate of drug-likeness (QED) is 0.521. The molecular formula is C23H27ClN2O6. The predicted octanol–water partition coefficient (Wildman–Crippen LogP) is 2.78. The predicted molar refractivity (Wildman–Crippen MR) is 119 cm³/mol. The largest absolute Gasteiger partial charge is 0.492 e. The third kappa shape index (κ3) is 3.60. The second kappa shape index (κ2) is 8.04. The minimum absolute atomic E-state index is 0.0970. The first-order chi connectivity index (χ1) is 15.3. The molecular weight excluding hydrogens is 436 g/mol. The lowest BCUT2D eigenvalue weighted by atomic mass is 9.90. The lowest BCUT2D eigenvalue weighted by molar-refractivity contribution is 0.0177. The van der Waals surface area contributed by atoms with Gasteiger partial charge in [0.25, 0.3) is 0 Å². The molecule has 2 fully saturated rings. The zero-order valence-corrected chi connectivity index (χ0v) is 19.1. The first-order valence-electron chi connectivity index (χ1n) is 10.7.